The third-order valence-corrected chi connectivity index (χ3v) is 13.8. The minimum absolute atomic E-state index is 0.0183. The van der Waals surface area contributed by atoms with Crippen LogP contribution >= 0.6 is 0 Å². The van der Waals surface area contributed by atoms with Crippen LogP contribution in [0.15, 0.2) is 95.9 Å². The second-order valence-corrected chi connectivity index (χ2v) is 18.1. The predicted octanol–water partition coefficient (Wildman–Crippen LogP) is 7.84. The number of alkyl halides is 3. The van der Waals surface area contributed by atoms with E-state index in [-0.39, 0.29) is 36.0 Å². The van der Waals surface area contributed by atoms with E-state index >= 15 is 0 Å². The third-order valence-electron chi connectivity index (χ3n) is 13.8. The van der Waals surface area contributed by atoms with E-state index in [0.29, 0.717) is 46.0 Å². The number of fused-ring (bicyclic) bond motifs is 2. The van der Waals surface area contributed by atoms with Crippen LogP contribution in [-0.2, 0) is 32.4 Å². The first-order chi connectivity index (χ1) is 29.0. The van der Waals surface area contributed by atoms with Gasteiger partial charge in [0.25, 0.3) is 11.5 Å². The first-order valence-corrected chi connectivity index (χ1v) is 20.9. The summed E-state index contributed by atoms with van der Waals surface area (Å²) in [5, 5.41) is 9.85. The van der Waals surface area contributed by atoms with Crippen molar-refractivity contribution in [3.8, 4) is 11.3 Å². The Balaban J connectivity index is 1.04. The number of hydrogen-bond acceptors (Lipinski definition) is 8. The number of benzene rings is 3. The van der Waals surface area contributed by atoms with Crippen molar-refractivity contribution in [1.29, 1.82) is 0 Å². The molecule has 3 saturated carbocycles. The fourth-order valence-electron chi connectivity index (χ4n) is 10.2. The van der Waals surface area contributed by atoms with E-state index in [1.807, 2.05) is 61.5 Å². The van der Waals surface area contributed by atoms with Crippen LogP contribution in [0.1, 0.15) is 93.7 Å². The van der Waals surface area contributed by atoms with Crippen LogP contribution in [0.25, 0.3) is 22.2 Å². The van der Waals surface area contributed by atoms with Crippen LogP contribution in [0.2, 0.25) is 0 Å². The minimum Gasteiger partial charge on any atom is -0.404 e. The predicted molar refractivity (Wildman–Crippen MR) is 225 cm³/mol. The van der Waals surface area contributed by atoms with Crippen molar-refractivity contribution in [3.05, 3.63) is 124 Å². The molecule has 1 saturated heterocycles. The zero-order valence-corrected chi connectivity index (χ0v) is 34.7. The Labute approximate surface area is 352 Å². The molecule has 2 aromatic heterocycles. The highest BCUT2D eigenvalue weighted by atomic mass is 19.4. The van der Waals surface area contributed by atoms with Gasteiger partial charge in [0, 0.05) is 23.9 Å². The number of amides is 2. The third kappa shape index (κ3) is 7.08. The fraction of sp³-hybridized carbons (Fsp3) is 0.413. The first kappa shape index (κ1) is 40.8. The highest BCUT2D eigenvalue weighted by Crippen LogP contribution is 2.64. The summed E-state index contributed by atoms with van der Waals surface area (Å²) in [5.41, 5.74) is -0.426. The highest BCUT2D eigenvalue weighted by Gasteiger charge is 2.67. The van der Waals surface area contributed by atoms with E-state index in [0.717, 1.165) is 30.5 Å². The summed E-state index contributed by atoms with van der Waals surface area (Å²) in [6, 6.07) is 22.2. The standard InChI is InChI=1S/C46H48BF3N6O5/c1-6-37(47-60-38-32-20-29(43(32,2)3)22-45(38,5)61-47)54-40(58)36-23-44(4,42-52-25-35(41(59)56(36)42)51-24-26-13-12-16-28(19-26)46(48,49)50)55-39(57)31-21-34(27-14-8-7-9-15-27)53-33-18-11-10-17-30(31)33/h7-19,21,25,29,32,36-38,51H,6,20,22-24H2,1-5H3,(H,54,58)(H,55,57)/t29?,32?,36-,37-,38+,44+,45-/m0/s1. The Morgan fingerprint density at radius 2 is 1.74 bits per heavy atom. The molecular formula is C46H48BF3N6O5. The Bertz CT molecular complexity index is 2610. The molecule has 5 aromatic rings. The van der Waals surface area contributed by atoms with Crippen molar-refractivity contribution >= 4 is 35.5 Å². The summed E-state index contributed by atoms with van der Waals surface area (Å²) in [6.45, 7) is 10.2. The van der Waals surface area contributed by atoms with Gasteiger partial charge in [0.15, 0.2) is 0 Å². The van der Waals surface area contributed by atoms with Gasteiger partial charge in [0.1, 0.15) is 17.6 Å². The van der Waals surface area contributed by atoms with Crippen molar-refractivity contribution in [2.75, 3.05) is 5.32 Å². The van der Waals surface area contributed by atoms with Crippen LogP contribution < -0.4 is 21.5 Å². The number of nitrogens with one attached hydrogen (secondary N) is 3. The quantitative estimate of drug-likeness (QED) is 0.121. The number of halogens is 3. The molecule has 11 nitrogen and oxygen atoms in total. The largest absolute Gasteiger partial charge is 0.481 e. The van der Waals surface area contributed by atoms with Gasteiger partial charge >= 0.3 is 13.3 Å². The average Bonchev–Trinajstić information content (AvgIpc) is 3.76. The zero-order chi connectivity index (χ0) is 43.1. The fourth-order valence-corrected chi connectivity index (χ4v) is 10.2. The van der Waals surface area contributed by atoms with Crippen LogP contribution in [0.5, 0.6) is 0 Å². The van der Waals surface area contributed by atoms with E-state index in [2.05, 4.69) is 41.7 Å². The number of carbonyl (C=O) groups is 2. The highest BCUT2D eigenvalue weighted by molar-refractivity contribution is 6.47. The van der Waals surface area contributed by atoms with Crippen molar-refractivity contribution in [2.45, 2.75) is 102 Å². The first-order valence-electron chi connectivity index (χ1n) is 20.9. The number of aromatic nitrogens is 3. The molecule has 2 aliphatic heterocycles. The van der Waals surface area contributed by atoms with Crippen molar-refractivity contribution in [2.24, 2.45) is 17.3 Å². The molecule has 3 aliphatic carbocycles. The zero-order valence-electron chi connectivity index (χ0n) is 34.7. The summed E-state index contributed by atoms with van der Waals surface area (Å²) in [5.74, 6) is -0.464. The lowest BCUT2D eigenvalue weighted by molar-refractivity contribution is -0.185. The average molecular weight is 833 g/mol. The van der Waals surface area contributed by atoms with Crippen molar-refractivity contribution in [3.63, 3.8) is 0 Å². The topological polar surface area (TPSA) is 136 Å². The van der Waals surface area contributed by atoms with Gasteiger partial charge in [-0.2, -0.15) is 13.2 Å². The van der Waals surface area contributed by atoms with E-state index in [1.165, 1.54) is 22.9 Å². The molecule has 4 heterocycles. The van der Waals surface area contributed by atoms with Gasteiger partial charge in [-0.3, -0.25) is 19.0 Å². The summed E-state index contributed by atoms with van der Waals surface area (Å²) >= 11 is 0. The molecule has 2 unspecified atom stereocenters. The van der Waals surface area contributed by atoms with Crippen LogP contribution in [0.4, 0.5) is 18.9 Å². The van der Waals surface area contributed by atoms with Gasteiger partial charge in [-0.25, -0.2) is 9.97 Å². The van der Waals surface area contributed by atoms with Crippen molar-refractivity contribution in [1.82, 2.24) is 25.2 Å². The summed E-state index contributed by atoms with van der Waals surface area (Å²) in [7, 11) is -0.708. The monoisotopic (exact) mass is 832 g/mol. The maximum Gasteiger partial charge on any atom is 0.481 e. The molecule has 61 heavy (non-hydrogen) atoms. The molecule has 4 fully saturated rings. The lowest BCUT2D eigenvalue weighted by atomic mass is 9.45. The van der Waals surface area contributed by atoms with Crippen LogP contribution in [-0.4, -0.2) is 51.1 Å². The molecule has 0 spiro atoms. The van der Waals surface area contributed by atoms with Gasteiger partial charge in [-0.15, -0.1) is 0 Å². The number of nitrogens with zero attached hydrogens (tertiary/aromatic N) is 3. The molecule has 2 amide bonds. The number of pyridine rings is 1. The molecule has 3 aromatic carbocycles. The molecule has 10 rings (SSSR count). The SMILES string of the molecule is CC[C@H](NC(=O)[C@@H]1C[C@@](C)(NC(=O)c2cc(-c3ccccc3)nc3ccccc23)c2ncc(NCc3cccc(C(F)(F)F)c3)c(=O)n21)B1O[C@@H]2C3CC(C[C@]2(C)O1)C3(C)C. The second kappa shape index (κ2) is 14.8. The molecule has 2 bridgehead atoms. The Kier molecular flexibility index (Phi) is 9.93. The van der Waals surface area contributed by atoms with E-state index < -0.39 is 59.4 Å². The summed E-state index contributed by atoms with van der Waals surface area (Å²) in [4.78, 5) is 53.2. The normalized spacial score (nSPS) is 26.5. The molecule has 3 N–H and O–H groups in total. The van der Waals surface area contributed by atoms with Gasteiger partial charge in [-0.05, 0) is 80.2 Å². The maximum absolute atomic E-state index is 14.6. The van der Waals surface area contributed by atoms with E-state index in [4.69, 9.17) is 14.3 Å². The Morgan fingerprint density at radius 3 is 2.48 bits per heavy atom. The number of para-hydroxylation sites is 1. The Morgan fingerprint density at radius 1 is 0.984 bits per heavy atom. The molecule has 316 valence electrons. The lowest BCUT2D eigenvalue weighted by Gasteiger charge is -2.63. The number of hydrogen-bond donors (Lipinski definition) is 3. The molecular weight excluding hydrogens is 784 g/mol. The van der Waals surface area contributed by atoms with Gasteiger partial charge in [-0.1, -0.05) is 81.4 Å². The van der Waals surface area contributed by atoms with Crippen LogP contribution in [0, 0.1) is 17.3 Å². The van der Waals surface area contributed by atoms with Gasteiger partial charge < -0.3 is 25.3 Å². The smallest absolute Gasteiger partial charge is 0.404 e. The van der Waals surface area contributed by atoms with Gasteiger partial charge in [0.05, 0.1) is 51.7 Å². The molecule has 0 radical (unpaired) electrons. The Hall–Kier alpha value is -5.54. The lowest BCUT2D eigenvalue weighted by Crippen LogP contribution is -2.63. The number of anilines is 1. The number of carbonyl (C=O) groups excluding carboxylic acids is 2. The summed E-state index contributed by atoms with van der Waals surface area (Å²) in [6.07, 6.45) is -0.951. The molecule has 5 aliphatic rings. The second-order valence-electron chi connectivity index (χ2n) is 18.1. The van der Waals surface area contributed by atoms with Gasteiger partial charge in [0.2, 0.25) is 5.91 Å². The maximum atomic E-state index is 14.6. The van der Waals surface area contributed by atoms with Crippen molar-refractivity contribution < 1.29 is 32.1 Å². The molecule has 15 heteroatoms. The number of rotatable bonds is 10. The van der Waals surface area contributed by atoms with Crippen LogP contribution in [0.3, 0.4) is 0 Å². The minimum atomic E-state index is -4.54. The summed E-state index contributed by atoms with van der Waals surface area (Å²) < 4.78 is 55.1. The van der Waals surface area contributed by atoms with E-state index in [1.54, 1.807) is 13.0 Å². The molecule has 7 atom stereocenters. The van der Waals surface area contributed by atoms with E-state index in [9.17, 15) is 27.6 Å².